The second-order valence-corrected chi connectivity index (χ2v) is 7.62. The summed E-state index contributed by atoms with van der Waals surface area (Å²) in [6, 6.07) is 17.5. The molecule has 1 saturated heterocycles. The van der Waals surface area contributed by atoms with E-state index in [0.29, 0.717) is 0 Å². The standard InChI is InChI=1S/C22H24N2O3/c1-15-7-9-16(10-8-15)13-22(11-12-22)24-21(26)20-19(23-18(25)14-27-20)17-5-3-2-4-6-17/h2-10,19-20H,11-14H2,1H3,(H,23,25)(H,24,26)/t19-,20+/m1/s1. The van der Waals surface area contributed by atoms with Crippen molar-refractivity contribution in [3.05, 3.63) is 71.3 Å². The summed E-state index contributed by atoms with van der Waals surface area (Å²) in [5.41, 5.74) is 3.12. The summed E-state index contributed by atoms with van der Waals surface area (Å²) in [6.07, 6.45) is 2.01. The molecule has 5 heteroatoms. The van der Waals surface area contributed by atoms with Crippen LogP contribution in [-0.4, -0.2) is 30.1 Å². The van der Waals surface area contributed by atoms with Crippen LogP contribution in [-0.2, 0) is 20.7 Å². The summed E-state index contributed by atoms with van der Waals surface area (Å²) >= 11 is 0. The van der Waals surface area contributed by atoms with Gasteiger partial charge in [-0.2, -0.15) is 0 Å². The number of rotatable bonds is 5. The topological polar surface area (TPSA) is 67.4 Å². The van der Waals surface area contributed by atoms with Gasteiger partial charge in [0.25, 0.3) is 5.91 Å². The summed E-state index contributed by atoms with van der Waals surface area (Å²) in [5.74, 6) is -0.359. The van der Waals surface area contributed by atoms with E-state index in [9.17, 15) is 9.59 Å². The minimum atomic E-state index is -0.722. The van der Waals surface area contributed by atoms with E-state index in [1.54, 1.807) is 0 Å². The number of morpholine rings is 1. The molecule has 2 aliphatic rings. The number of aryl methyl sites for hydroxylation is 1. The molecule has 5 nitrogen and oxygen atoms in total. The van der Waals surface area contributed by atoms with Crippen LogP contribution < -0.4 is 10.6 Å². The van der Waals surface area contributed by atoms with Crippen molar-refractivity contribution in [2.45, 2.75) is 43.9 Å². The van der Waals surface area contributed by atoms with Crippen LogP contribution in [0.5, 0.6) is 0 Å². The second-order valence-electron chi connectivity index (χ2n) is 7.62. The molecule has 2 aromatic rings. The van der Waals surface area contributed by atoms with E-state index in [1.807, 2.05) is 30.3 Å². The first-order valence-electron chi connectivity index (χ1n) is 9.38. The van der Waals surface area contributed by atoms with Crippen LogP contribution in [0.15, 0.2) is 54.6 Å². The third kappa shape index (κ3) is 4.03. The Morgan fingerprint density at radius 1 is 1.15 bits per heavy atom. The highest BCUT2D eigenvalue weighted by atomic mass is 16.5. The van der Waals surface area contributed by atoms with Gasteiger partial charge in [0.15, 0.2) is 6.10 Å². The van der Waals surface area contributed by atoms with Gasteiger partial charge in [-0.25, -0.2) is 0 Å². The van der Waals surface area contributed by atoms with Gasteiger partial charge < -0.3 is 15.4 Å². The number of nitrogens with one attached hydrogen (secondary N) is 2. The van der Waals surface area contributed by atoms with Crippen LogP contribution in [0.2, 0.25) is 0 Å². The van der Waals surface area contributed by atoms with Gasteiger partial charge in [-0.3, -0.25) is 9.59 Å². The number of hydrogen-bond donors (Lipinski definition) is 2. The Bertz CT molecular complexity index is 828. The molecule has 0 bridgehead atoms. The van der Waals surface area contributed by atoms with E-state index in [2.05, 4.69) is 41.8 Å². The molecule has 0 spiro atoms. The summed E-state index contributed by atoms with van der Waals surface area (Å²) in [6.45, 7) is 1.98. The van der Waals surface area contributed by atoms with Crippen molar-refractivity contribution in [3.8, 4) is 0 Å². The molecule has 0 radical (unpaired) electrons. The molecule has 1 aliphatic carbocycles. The van der Waals surface area contributed by atoms with E-state index in [0.717, 1.165) is 24.8 Å². The average molecular weight is 364 g/mol. The van der Waals surface area contributed by atoms with E-state index < -0.39 is 12.1 Å². The van der Waals surface area contributed by atoms with Crippen molar-refractivity contribution in [2.75, 3.05) is 6.61 Å². The Morgan fingerprint density at radius 3 is 2.52 bits per heavy atom. The predicted octanol–water partition coefficient (Wildman–Crippen LogP) is 2.44. The Morgan fingerprint density at radius 2 is 1.85 bits per heavy atom. The molecule has 1 saturated carbocycles. The molecule has 0 unspecified atom stereocenters. The van der Waals surface area contributed by atoms with E-state index in [1.165, 1.54) is 11.1 Å². The number of hydrogen-bond acceptors (Lipinski definition) is 3. The SMILES string of the molecule is Cc1ccc(CC2(NC(=O)[C@H]3OCC(=O)N[C@@H]3c3ccccc3)CC2)cc1. The zero-order valence-electron chi connectivity index (χ0n) is 15.4. The highest BCUT2D eigenvalue weighted by Crippen LogP contribution is 2.39. The molecule has 27 heavy (non-hydrogen) atoms. The summed E-state index contributed by atoms with van der Waals surface area (Å²) in [5, 5.41) is 6.10. The average Bonchev–Trinajstić information content (AvgIpc) is 3.43. The molecule has 0 aromatic heterocycles. The largest absolute Gasteiger partial charge is 0.356 e. The highest BCUT2D eigenvalue weighted by Gasteiger charge is 2.46. The number of amides is 2. The Kier molecular flexibility index (Phi) is 4.70. The van der Waals surface area contributed by atoms with Crippen LogP contribution in [0.4, 0.5) is 0 Å². The summed E-state index contributed by atoms with van der Waals surface area (Å²) in [7, 11) is 0. The smallest absolute Gasteiger partial charge is 0.252 e. The Labute approximate surface area is 159 Å². The highest BCUT2D eigenvalue weighted by molar-refractivity contribution is 5.87. The lowest BCUT2D eigenvalue weighted by Crippen LogP contribution is -2.54. The molecule has 2 fully saturated rings. The summed E-state index contributed by atoms with van der Waals surface area (Å²) < 4.78 is 5.63. The van der Waals surface area contributed by atoms with Gasteiger partial charge in [-0.05, 0) is 37.3 Å². The van der Waals surface area contributed by atoms with E-state index >= 15 is 0 Å². The maximum Gasteiger partial charge on any atom is 0.252 e. The zero-order valence-corrected chi connectivity index (χ0v) is 15.4. The molecule has 140 valence electrons. The van der Waals surface area contributed by atoms with Crippen LogP contribution in [0.25, 0.3) is 0 Å². The van der Waals surface area contributed by atoms with Crippen molar-refractivity contribution in [1.29, 1.82) is 0 Å². The van der Waals surface area contributed by atoms with Gasteiger partial charge in [0, 0.05) is 5.54 Å². The Balaban J connectivity index is 1.47. The predicted molar refractivity (Wildman–Crippen MR) is 102 cm³/mol. The molecular formula is C22H24N2O3. The van der Waals surface area contributed by atoms with Gasteiger partial charge in [0.1, 0.15) is 6.61 Å². The first kappa shape index (κ1) is 17.7. The molecule has 2 N–H and O–H groups in total. The van der Waals surface area contributed by atoms with Gasteiger partial charge in [-0.1, -0.05) is 60.2 Å². The monoisotopic (exact) mass is 364 g/mol. The van der Waals surface area contributed by atoms with E-state index in [-0.39, 0.29) is 24.0 Å². The number of ether oxygens (including phenoxy) is 1. The van der Waals surface area contributed by atoms with Gasteiger partial charge in [0.2, 0.25) is 5.91 Å². The fourth-order valence-corrected chi connectivity index (χ4v) is 3.62. The molecule has 2 atom stereocenters. The maximum atomic E-state index is 13.0. The normalized spacial score (nSPS) is 23.4. The van der Waals surface area contributed by atoms with Crippen molar-refractivity contribution in [3.63, 3.8) is 0 Å². The Hall–Kier alpha value is -2.66. The van der Waals surface area contributed by atoms with Gasteiger partial charge >= 0.3 is 0 Å². The quantitative estimate of drug-likeness (QED) is 0.856. The molecule has 2 amide bonds. The van der Waals surface area contributed by atoms with Crippen LogP contribution >= 0.6 is 0 Å². The first-order chi connectivity index (χ1) is 13.0. The van der Waals surface area contributed by atoms with Crippen molar-refractivity contribution >= 4 is 11.8 Å². The van der Waals surface area contributed by atoms with Crippen LogP contribution in [0.3, 0.4) is 0 Å². The number of benzene rings is 2. The molecule has 4 rings (SSSR count). The second kappa shape index (κ2) is 7.16. The minimum Gasteiger partial charge on any atom is -0.356 e. The summed E-state index contributed by atoms with van der Waals surface area (Å²) in [4.78, 5) is 24.8. The third-order valence-corrected chi connectivity index (χ3v) is 5.34. The lowest BCUT2D eigenvalue weighted by Gasteiger charge is -2.33. The molecular weight excluding hydrogens is 340 g/mol. The zero-order chi connectivity index (χ0) is 18.9. The number of carbonyl (C=O) groups excluding carboxylic acids is 2. The molecule has 2 aromatic carbocycles. The fourth-order valence-electron chi connectivity index (χ4n) is 3.62. The third-order valence-electron chi connectivity index (χ3n) is 5.34. The van der Waals surface area contributed by atoms with Gasteiger partial charge in [-0.15, -0.1) is 0 Å². The maximum absolute atomic E-state index is 13.0. The number of carbonyl (C=O) groups is 2. The fraction of sp³-hybridized carbons (Fsp3) is 0.364. The molecule has 1 aliphatic heterocycles. The van der Waals surface area contributed by atoms with Crippen LogP contribution in [0.1, 0.15) is 35.6 Å². The first-order valence-corrected chi connectivity index (χ1v) is 9.38. The van der Waals surface area contributed by atoms with Gasteiger partial charge in [0.05, 0.1) is 6.04 Å². The van der Waals surface area contributed by atoms with Crippen molar-refractivity contribution in [1.82, 2.24) is 10.6 Å². The lowest BCUT2D eigenvalue weighted by molar-refractivity contribution is -0.148. The minimum absolute atomic E-state index is 0.0909. The van der Waals surface area contributed by atoms with Crippen molar-refractivity contribution in [2.24, 2.45) is 0 Å². The molecule has 1 heterocycles. The van der Waals surface area contributed by atoms with Crippen molar-refractivity contribution < 1.29 is 14.3 Å². The van der Waals surface area contributed by atoms with Crippen LogP contribution in [0, 0.1) is 6.92 Å². The van der Waals surface area contributed by atoms with E-state index in [4.69, 9.17) is 4.74 Å². The lowest BCUT2D eigenvalue weighted by atomic mass is 9.98.